The minimum atomic E-state index is -0.836. The van der Waals surface area contributed by atoms with E-state index >= 15 is 0 Å². The Morgan fingerprint density at radius 1 is 1.13 bits per heavy atom. The predicted octanol–water partition coefficient (Wildman–Crippen LogP) is 1.74. The molecule has 154 valence electrons. The normalized spacial score (nSPS) is 17.8. The highest BCUT2D eigenvalue weighted by Crippen LogP contribution is 2.27. The predicted molar refractivity (Wildman–Crippen MR) is 111 cm³/mol. The number of fused-ring (bicyclic) bond motifs is 1. The zero-order valence-corrected chi connectivity index (χ0v) is 16.8. The summed E-state index contributed by atoms with van der Waals surface area (Å²) in [5, 5.41) is 9.40. The van der Waals surface area contributed by atoms with Crippen LogP contribution in [0.3, 0.4) is 0 Å². The van der Waals surface area contributed by atoms with Crippen molar-refractivity contribution >= 4 is 35.2 Å². The van der Waals surface area contributed by atoms with Gasteiger partial charge in [-0.3, -0.25) is 14.4 Å². The Morgan fingerprint density at radius 2 is 1.90 bits per heavy atom. The second kappa shape index (κ2) is 8.02. The molecule has 2 aromatic rings. The van der Waals surface area contributed by atoms with Crippen molar-refractivity contribution in [2.75, 3.05) is 5.32 Å². The third kappa shape index (κ3) is 4.05. The number of nitrogens with one attached hydrogen (secondary N) is 2. The van der Waals surface area contributed by atoms with Crippen LogP contribution in [0.5, 0.6) is 0 Å². The van der Waals surface area contributed by atoms with Crippen LogP contribution in [0.15, 0.2) is 40.3 Å². The molecule has 1 aromatic carbocycles. The van der Waals surface area contributed by atoms with Crippen LogP contribution in [-0.4, -0.2) is 39.2 Å². The lowest BCUT2D eigenvalue weighted by molar-refractivity contribution is -0.136. The molecule has 2 aliphatic rings. The highest BCUT2D eigenvalue weighted by Gasteiger charge is 2.33. The molecule has 1 unspecified atom stereocenters. The second-order valence-electron chi connectivity index (χ2n) is 7.50. The number of aryl methyl sites for hydroxylation is 2. The van der Waals surface area contributed by atoms with E-state index in [1.54, 1.807) is 13.0 Å². The fourth-order valence-corrected chi connectivity index (χ4v) is 3.54. The molecule has 1 atom stereocenters. The number of nitrogens with zero attached hydrogens (tertiary/aromatic N) is 4. The maximum Gasteiger partial charge on any atom is 0.314 e. The van der Waals surface area contributed by atoms with E-state index in [0.29, 0.717) is 5.69 Å². The van der Waals surface area contributed by atoms with Gasteiger partial charge in [0.25, 0.3) is 11.9 Å². The number of hydrogen-bond donors (Lipinski definition) is 2. The number of aliphatic imine (C=N–C) groups is 2. The quantitative estimate of drug-likeness (QED) is 0.755. The lowest BCUT2D eigenvalue weighted by Crippen LogP contribution is -2.36. The zero-order valence-electron chi connectivity index (χ0n) is 16.8. The van der Waals surface area contributed by atoms with Crippen molar-refractivity contribution in [3.05, 3.63) is 47.2 Å². The molecule has 4 rings (SSSR count). The third-order valence-corrected chi connectivity index (χ3v) is 5.12. The van der Waals surface area contributed by atoms with E-state index in [4.69, 9.17) is 0 Å². The lowest BCUT2D eigenvalue weighted by atomic mass is 10.1. The molecular formula is C21H22N6O3. The lowest BCUT2D eigenvalue weighted by Gasteiger charge is -2.15. The van der Waals surface area contributed by atoms with Gasteiger partial charge in [0.05, 0.1) is 11.6 Å². The first-order valence-corrected chi connectivity index (χ1v) is 9.82. The summed E-state index contributed by atoms with van der Waals surface area (Å²) in [4.78, 5) is 45.4. The van der Waals surface area contributed by atoms with E-state index < -0.39 is 11.8 Å². The minimum absolute atomic E-state index is 0.108. The van der Waals surface area contributed by atoms with Gasteiger partial charge in [0.15, 0.2) is 0 Å². The first-order valence-electron chi connectivity index (χ1n) is 9.82. The first-order chi connectivity index (χ1) is 14.4. The summed E-state index contributed by atoms with van der Waals surface area (Å²) in [6, 6.07) is 9.25. The largest absolute Gasteiger partial charge is 0.344 e. The van der Waals surface area contributed by atoms with Crippen LogP contribution in [0.4, 0.5) is 5.82 Å². The van der Waals surface area contributed by atoms with Crippen molar-refractivity contribution in [1.82, 2.24) is 15.1 Å². The SMILES string of the molecule is Cc1ccc(CNC(=O)C(=O)Nc2cc(C)nn2C2=NC(=O)C3CCCC3=N2)cc1. The van der Waals surface area contributed by atoms with Crippen molar-refractivity contribution in [3.8, 4) is 0 Å². The Labute approximate surface area is 173 Å². The van der Waals surface area contributed by atoms with Crippen LogP contribution in [0.25, 0.3) is 0 Å². The average Bonchev–Trinajstić information content (AvgIpc) is 3.33. The molecule has 2 N–H and O–H groups in total. The van der Waals surface area contributed by atoms with Crippen LogP contribution in [0, 0.1) is 19.8 Å². The maximum absolute atomic E-state index is 12.4. The van der Waals surface area contributed by atoms with E-state index in [9.17, 15) is 14.4 Å². The summed E-state index contributed by atoms with van der Waals surface area (Å²) >= 11 is 0. The van der Waals surface area contributed by atoms with E-state index in [-0.39, 0.29) is 30.1 Å². The van der Waals surface area contributed by atoms with Gasteiger partial charge < -0.3 is 10.6 Å². The van der Waals surface area contributed by atoms with E-state index in [2.05, 4.69) is 25.7 Å². The molecule has 2 heterocycles. The standard InChI is InChI=1S/C21H22N6O3/c1-12-6-8-14(9-7-12)11-22-19(29)20(30)24-17-10-13(2)26-27(17)21-23-16-5-3-4-15(16)18(28)25-21/h6-10,15H,3-5,11H2,1-2H3,(H,22,29)(H,24,30). The van der Waals surface area contributed by atoms with Gasteiger partial charge in [-0.2, -0.15) is 14.8 Å². The smallest absolute Gasteiger partial charge is 0.314 e. The fraction of sp³-hybridized carbons (Fsp3) is 0.333. The van der Waals surface area contributed by atoms with Crippen LogP contribution in [-0.2, 0) is 20.9 Å². The van der Waals surface area contributed by atoms with Crippen molar-refractivity contribution in [2.24, 2.45) is 15.9 Å². The number of amides is 3. The number of aromatic nitrogens is 2. The molecule has 1 aliphatic carbocycles. The van der Waals surface area contributed by atoms with Crippen molar-refractivity contribution < 1.29 is 14.4 Å². The van der Waals surface area contributed by atoms with Crippen molar-refractivity contribution in [2.45, 2.75) is 39.7 Å². The van der Waals surface area contributed by atoms with Gasteiger partial charge in [-0.15, -0.1) is 0 Å². The molecule has 1 fully saturated rings. The van der Waals surface area contributed by atoms with Gasteiger partial charge in [0.2, 0.25) is 0 Å². The highest BCUT2D eigenvalue weighted by atomic mass is 16.2. The Bertz CT molecular complexity index is 1080. The van der Waals surface area contributed by atoms with Crippen molar-refractivity contribution in [1.29, 1.82) is 0 Å². The minimum Gasteiger partial charge on any atom is -0.344 e. The molecule has 0 spiro atoms. The van der Waals surface area contributed by atoms with Gasteiger partial charge in [0, 0.05) is 18.3 Å². The van der Waals surface area contributed by atoms with Crippen LogP contribution >= 0.6 is 0 Å². The Hall–Kier alpha value is -3.62. The van der Waals surface area contributed by atoms with E-state index in [0.717, 1.165) is 36.1 Å². The fourth-order valence-electron chi connectivity index (χ4n) is 3.54. The Morgan fingerprint density at radius 3 is 2.67 bits per heavy atom. The molecule has 1 aliphatic heterocycles. The summed E-state index contributed by atoms with van der Waals surface area (Å²) in [5.74, 6) is -1.75. The van der Waals surface area contributed by atoms with Crippen LogP contribution < -0.4 is 10.6 Å². The Balaban J connectivity index is 1.46. The monoisotopic (exact) mass is 406 g/mol. The summed E-state index contributed by atoms with van der Waals surface area (Å²) < 4.78 is 1.29. The molecule has 30 heavy (non-hydrogen) atoms. The summed E-state index contributed by atoms with van der Waals surface area (Å²) in [5.41, 5.74) is 3.39. The summed E-state index contributed by atoms with van der Waals surface area (Å²) in [6.07, 6.45) is 2.41. The molecule has 9 heteroatoms. The van der Waals surface area contributed by atoms with E-state index in [1.165, 1.54) is 4.68 Å². The molecule has 3 amide bonds. The van der Waals surface area contributed by atoms with Gasteiger partial charge >= 0.3 is 11.8 Å². The summed E-state index contributed by atoms with van der Waals surface area (Å²) in [6.45, 7) is 3.95. The number of carbonyl (C=O) groups is 3. The van der Waals surface area contributed by atoms with Crippen LogP contribution in [0.2, 0.25) is 0 Å². The Kier molecular flexibility index (Phi) is 5.26. The zero-order chi connectivity index (χ0) is 21.3. The molecule has 0 bridgehead atoms. The molecule has 1 saturated carbocycles. The number of benzene rings is 1. The molecule has 1 aromatic heterocycles. The third-order valence-electron chi connectivity index (χ3n) is 5.12. The number of hydrogen-bond acceptors (Lipinski definition) is 5. The van der Waals surface area contributed by atoms with Gasteiger partial charge in [-0.05, 0) is 38.7 Å². The average molecular weight is 406 g/mol. The highest BCUT2D eigenvalue weighted by molar-refractivity contribution is 6.39. The number of carbonyl (C=O) groups excluding carboxylic acids is 3. The molecule has 0 radical (unpaired) electrons. The van der Waals surface area contributed by atoms with Gasteiger partial charge in [0.1, 0.15) is 5.82 Å². The summed E-state index contributed by atoms with van der Waals surface area (Å²) in [7, 11) is 0. The van der Waals surface area contributed by atoms with Crippen LogP contribution in [0.1, 0.15) is 36.1 Å². The molecular weight excluding hydrogens is 384 g/mol. The maximum atomic E-state index is 12.4. The van der Waals surface area contributed by atoms with Gasteiger partial charge in [-0.1, -0.05) is 29.8 Å². The number of rotatable bonds is 3. The van der Waals surface area contributed by atoms with E-state index in [1.807, 2.05) is 31.2 Å². The van der Waals surface area contributed by atoms with Crippen molar-refractivity contribution in [3.63, 3.8) is 0 Å². The molecule has 9 nitrogen and oxygen atoms in total. The second-order valence-corrected chi connectivity index (χ2v) is 7.50. The van der Waals surface area contributed by atoms with Gasteiger partial charge in [-0.25, -0.2) is 4.99 Å². The topological polar surface area (TPSA) is 118 Å². The number of anilines is 1. The first kappa shape index (κ1) is 19.7. The molecule has 0 saturated heterocycles.